The van der Waals surface area contributed by atoms with Crippen LogP contribution in [-0.4, -0.2) is 34.4 Å². The second-order valence-corrected chi connectivity index (χ2v) is 10.6. The average Bonchev–Trinajstić information content (AvgIpc) is 3.48. The van der Waals surface area contributed by atoms with Gasteiger partial charge in [0.15, 0.2) is 0 Å². The van der Waals surface area contributed by atoms with E-state index in [0.29, 0.717) is 42.1 Å². The SMILES string of the molecule is O=C1OC2(CCN(C(=O)c3cn(-c4ccccc4-c4ccccc4)c4cc(Cl)ccc34)CC2)c2ccccc21. The predicted molar refractivity (Wildman–Crippen MR) is 152 cm³/mol. The molecule has 5 aromatic rings. The minimum atomic E-state index is -0.652. The molecule has 4 aromatic carbocycles. The zero-order valence-electron chi connectivity index (χ0n) is 21.1. The highest BCUT2D eigenvalue weighted by atomic mass is 35.5. The number of nitrogens with zero attached hydrogens (tertiary/aromatic N) is 2. The number of fused-ring (bicyclic) bond motifs is 3. The van der Waals surface area contributed by atoms with Crippen LogP contribution in [0, 0.1) is 0 Å². The fourth-order valence-corrected chi connectivity index (χ4v) is 6.24. The second-order valence-electron chi connectivity index (χ2n) is 10.2. The van der Waals surface area contributed by atoms with Gasteiger partial charge in [-0.1, -0.05) is 84.4 Å². The molecule has 6 heteroatoms. The summed E-state index contributed by atoms with van der Waals surface area (Å²) in [5.74, 6) is -0.312. The lowest BCUT2D eigenvalue weighted by Gasteiger charge is -2.38. The number of piperidine rings is 1. The van der Waals surface area contributed by atoms with E-state index in [1.165, 1.54) is 0 Å². The lowest BCUT2D eigenvalue weighted by atomic mass is 9.83. The molecule has 0 saturated carbocycles. The molecule has 39 heavy (non-hydrogen) atoms. The standard InChI is InChI=1S/C33H25ClN2O3/c34-23-14-15-25-27(21-36(30(25)20-23)29-13-7-5-10-24(29)22-8-2-1-3-9-22)31(37)35-18-16-33(17-19-35)28-12-6-4-11-26(28)32(38)39-33/h1-15,20-21H,16-19H2. The molecule has 0 N–H and O–H groups in total. The fraction of sp³-hybridized carbons (Fsp3) is 0.152. The maximum absolute atomic E-state index is 14.0. The first-order valence-corrected chi connectivity index (χ1v) is 13.5. The summed E-state index contributed by atoms with van der Waals surface area (Å²) in [4.78, 5) is 28.4. The third-order valence-corrected chi connectivity index (χ3v) is 8.27. The van der Waals surface area contributed by atoms with E-state index < -0.39 is 5.60 Å². The van der Waals surface area contributed by atoms with E-state index in [1.54, 1.807) is 0 Å². The number of aromatic nitrogens is 1. The maximum Gasteiger partial charge on any atom is 0.339 e. The highest BCUT2D eigenvalue weighted by Crippen LogP contribution is 2.44. The minimum absolute atomic E-state index is 0.0364. The van der Waals surface area contributed by atoms with Crippen molar-refractivity contribution >= 4 is 34.4 Å². The molecule has 7 rings (SSSR count). The summed E-state index contributed by atoms with van der Waals surface area (Å²) in [6.07, 6.45) is 3.08. The minimum Gasteiger partial charge on any atom is -0.450 e. The molecule has 5 nitrogen and oxygen atoms in total. The third kappa shape index (κ3) is 3.84. The number of esters is 1. The number of carbonyl (C=O) groups is 2. The van der Waals surface area contributed by atoms with Crippen molar-refractivity contribution in [1.29, 1.82) is 0 Å². The van der Waals surface area contributed by atoms with Crippen LogP contribution in [0.4, 0.5) is 0 Å². The highest BCUT2D eigenvalue weighted by Gasteiger charge is 2.47. The van der Waals surface area contributed by atoms with E-state index >= 15 is 0 Å². The van der Waals surface area contributed by atoms with Gasteiger partial charge in [0.1, 0.15) is 5.60 Å². The van der Waals surface area contributed by atoms with Crippen molar-refractivity contribution in [2.45, 2.75) is 18.4 Å². The van der Waals surface area contributed by atoms with Crippen LogP contribution < -0.4 is 0 Å². The molecule has 0 atom stereocenters. The molecule has 2 aliphatic heterocycles. The number of benzene rings is 4. The average molecular weight is 533 g/mol. The Bertz CT molecular complexity index is 1750. The number of halogens is 1. The van der Waals surface area contributed by atoms with Crippen LogP contribution >= 0.6 is 11.6 Å². The summed E-state index contributed by atoms with van der Waals surface area (Å²) < 4.78 is 7.97. The number of rotatable bonds is 3. The molecule has 1 amide bonds. The van der Waals surface area contributed by atoms with Crippen LogP contribution in [0.3, 0.4) is 0 Å². The quantitative estimate of drug-likeness (QED) is 0.230. The van der Waals surface area contributed by atoms with Crippen LogP contribution in [0.1, 0.15) is 39.1 Å². The van der Waals surface area contributed by atoms with Gasteiger partial charge in [0.25, 0.3) is 5.91 Å². The number of ether oxygens (including phenoxy) is 1. The van der Waals surface area contributed by atoms with Gasteiger partial charge in [-0.05, 0) is 29.8 Å². The van der Waals surface area contributed by atoms with Crippen molar-refractivity contribution in [2.24, 2.45) is 0 Å². The molecule has 0 bridgehead atoms. The Morgan fingerprint density at radius 3 is 2.31 bits per heavy atom. The number of likely N-dealkylation sites (tertiary alicyclic amines) is 1. The zero-order chi connectivity index (χ0) is 26.6. The topological polar surface area (TPSA) is 51.5 Å². The second kappa shape index (κ2) is 9.14. The molecule has 1 fully saturated rings. The molecular formula is C33H25ClN2O3. The first kappa shape index (κ1) is 23.7. The van der Waals surface area contributed by atoms with Crippen LogP contribution in [0.25, 0.3) is 27.7 Å². The molecule has 3 heterocycles. The summed E-state index contributed by atoms with van der Waals surface area (Å²) in [6, 6.07) is 31.6. The lowest BCUT2D eigenvalue weighted by molar-refractivity contribution is -0.0389. The summed E-state index contributed by atoms with van der Waals surface area (Å²) in [5.41, 5.74) is 5.56. The van der Waals surface area contributed by atoms with E-state index in [1.807, 2.05) is 83.9 Å². The number of para-hydroxylation sites is 1. The first-order valence-electron chi connectivity index (χ1n) is 13.1. The van der Waals surface area contributed by atoms with Crippen molar-refractivity contribution < 1.29 is 14.3 Å². The predicted octanol–water partition coefficient (Wildman–Crippen LogP) is 7.25. The van der Waals surface area contributed by atoms with Crippen molar-refractivity contribution in [1.82, 2.24) is 9.47 Å². The Labute approximate surface area is 231 Å². The van der Waals surface area contributed by atoms with Gasteiger partial charge in [-0.15, -0.1) is 0 Å². The monoisotopic (exact) mass is 532 g/mol. The Balaban J connectivity index is 1.25. The van der Waals surface area contributed by atoms with Gasteiger partial charge in [0.05, 0.1) is 22.3 Å². The molecular weight excluding hydrogens is 508 g/mol. The van der Waals surface area contributed by atoms with Crippen molar-refractivity contribution in [2.75, 3.05) is 13.1 Å². The molecule has 1 aromatic heterocycles. The Morgan fingerprint density at radius 1 is 0.821 bits per heavy atom. The largest absolute Gasteiger partial charge is 0.450 e. The molecule has 1 spiro atoms. The van der Waals surface area contributed by atoms with Gasteiger partial charge in [-0.2, -0.15) is 0 Å². The van der Waals surface area contributed by atoms with Gasteiger partial charge < -0.3 is 14.2 Å². The van der Waals surface area contributed by atoms with Crippen LogP contribution in [0.2, 0.25) is 5.02 Å². The number of hydrogen-bond acceptors (Lipinski definition) is 3. The summed E-state index contributed by atoms with van der Waals surface area (Å²) >= 11 is 6.44. The van der Waals surface area contributed by atoms with Gasteiger partial charge in [-0.25, -0.2) is 4.79 Å². The molecule has 2 aliphatic rings. The van der Waals surface area contributed by atoms with E-state index in [-0.39, 0.29) is 11.9 Å². The smallest absolute Gasteiger partial charge is 0.339 e. The number of amides is 1. The molecule has 0 unspecified atom stereocenters. The molecule has 192 valence electrons. The van der Waals surface area contributed by atoms with Gasteiger partial charge >= 0.3 is 5.97 Å². The zero-order valence-corrected chi connectivity index (χ0v) is 21.9. The maximum atomic E-state index is 14.0. The lowest BCUT2D eigenvalue weighted by Crippen LogP contribution is -2.45. The van der Waals surface area contributed by atoms with Crippen LogP contribution in [0.15, 0.2) is 103 Å². The van der Waals surface area contributed by atoms with Gasteiger partial charge in [0, 0.05) is 53.7 Å². The molecule has 1 saturated heterocycles. The van der Waals surface area contributed by atoms with Crippen molar-refractivity contribution in [3.63, 3.8) is 0 Å². The van der Waals surface area contributed by atoms with E-state index in [0.717, 1.165) is 33.3 Å². The van der Waals surface area contributed by atoms with Crippen LogP contribution in [-0.2, 0) is 10.3 Å². The Morgan fingerprint density at radius 2 is 1.51 bits per heavy atom. The number of hydrogen-bond donors (Lipinski definition) is 0. The van der Waals surface area contributed by atoms with E-state index in [9.17, 15) is 9.59 Å². The first-order chi connectivity index (χ1) is 19.0. The van der Waals surface area contributed by atoms with Crippen molar-refractivity contribution in [3.05, 3.63) is 125 Å². The van der Waals surface area contributed by atoms with Crippen molar-refractivity contribution in [3.8, 4) is 16.8 Å². The Kier molecular flexibility index (Phi) is 5.56. The van der Waals surface area contributed by atoms with E-state index in [4.69, 9.17) is 16.3 Å². The summed E-state index contributed by atoms with van der Waals surface area (Å²) in [5, 5.41) is 1.46. The summed E-state index contributed by atoms with van der Waals surface area (Å²) in [6.45, 7) is 1.00. The molecule has 0 radical (unpaired) electrons. The van der Waals surface area contributed by atoms with Crippen LogP contribution in [0.5, 0.6) is 0 Å². The van der Waals surface area contributed by atoms with Gasteiger partial charge in [-0.3, -0.25) is 4.79 Å². The summed E-state index contributed by atoms with van der Waals surface area (Å²) in [7, 11) is 0. The highest BCUT2D eigenvalue weighted by molar-refractivity contribution is 6.31. The normalized spacial score (nSPS) is 15.9. The molecule has 0 aliphatic carbocycles. The fourth-order valence-electron chi connectivity index (χ4n) is 6.07. The number of carbonyl (C=O) groups excluding carboxylic acids is 2. The van der Waals surface area contributed by atoms with Gasteiger partial charge in [0.2, 0.25) is 0 Å². The van der Waals surface area contributed by atoms with E-state index in [2.05, 4.69) is 28.8 Å². The third-order valence-electron chi connectivity index (χ3n) is 8.03. The Hall–Kier alpha value is -4.35.